The average Bonchev–Trinajstić information content (AvgIpc) is 2.16. The van der Waals surface area contributed by atoms with Gasteiger partial charge in [-0.25, -0.2) is 10.0 Å². The van der Waals surface area contributed by atoms with Gasteiger partial charge in [0.2, 0.25) is 0 Å². The van der Waals surface area contributed by atoms with Gasteiger partial charge in [-0.2, -0.15) is 0 Å². The lowest BCUT2D eigenvalue weighted by atomic mass is 10.1. The molecular formula is C11H25N3. The fourth-order valence-corrected chi connectivity index (χ4v) is 2.04. The molecule has 0 radical (unpaired) electrons. The highest BCUT2D eigenvalue weighted by Gasteiger charge is 2.24. The Kier molecular flexibility index (Phi) is 4.85. The first-order valence-corrected chi connectivity index (χ1v) is 5.77. The Balaban J connectivity index is 2.38. The van der Waals surface area contributed by atoms with Crippen LogP contribution in [0.4, 0.5) is 0 Å². The van der Waals surface area contributed by atoms with Crippen molar-refractivity contribution in [3.63, 3.8) is 0 Å². The van der Waals surface area contributed by atoms with E-state index in [-0.39, 0.29) is 0 Å². The van der Waals surface area contributed by atoms with Crippen molar-refractivity contribution in [2.24, 2.45) is 0 Å². The Morgan fingerprint density at radius 2 is 2.00 bits per heavy atom. The van der Waals surface area contributed by atoms with Crippen LogP contribution in [0.15, 0.2) is 0 Å². The fraction of sp³-hybridized carbons (Fsp3) is 1.00. The lowest BCUT2D eigenvalue weighted by molar-refractivity contribution is -0.0398. The largest absolute Gasteiger partial charge is 0.301 e. The molecule has 3 heteroatoms. The van der Waals surface area contributed by atoms with Crippen molar-refractivity contribution in [3.05, 3.63) is 0 Å². The Hall–Kier alpha value is -0.120. The van der Waals surface area contributed by atoms with Gasteiger partial charge in [0.15, 0.2) is 0 Å². The van der Waals surface area contributed by atoms with Crippen LogP contribution in [0.25, 0.3) is 0 Å². The molecule has 1 unspecified atom stereocenters. The molecular weight excluding hydrogens is 174 g/mol. The second kappa shape index (κ2) is 5.69. The molecule has 0 aromatic rings. The summed E-state index contributed by atoms with van der Waals surface area (Å²) < 4.78 is 0. The Morgan fingerprint density at radius 1 is 1.29 bits per heavy atom. The summed E-state index contributed by atoms with van der Waals surface area (Å²) in [6.45, 7) is 5.84. The lowest BCUT2D eigenvalue weighted by Crippen LogP contribution is -2.55. The van der Waals surface area contributed by atoms with Gasteiger partial charge in [0.25, 0.3) is 0 Å². The second-order valence-electron chi connectivity index (χ2n) is 4.54. The van der Waals surface area contributed by atoms with E-state index in [1.807, 2.05) is 0 Å². The molecule has 1 aliphatic rings. The third-order valence-corrected chi connectivity index (χ3v) is 3.21. The molecule has 1 heterocycles. The van der Waals surface area contributed by atoms with Gasteiger partial charge in [-0.1, -0.05) is 19.8 Å². The molecule has 0 N–H and O–H groups in total. The Labute approximate surface area is 88.6 Å². The van der Waals surface area contributed by atoms with Crippen LogP contribution in [0.3, 0.4) is 0 Å². The summed E-state index contributed by atoms with van der Waals surface area (Å²) in [6.07, 6.45) is 4.01. The van der Waals surface area contributed by atoms with E-state index in [2.05, 4.69) is 43.0 Å². The van der Waals surface area contributed by atoms with Crippen LogP contribution in [0.1, 0.15) is 26.2 Å². The third-order valence-electron chi connectivity index (χ3n) is 3.21. The van der Waals surface area contributed by atoms with Gasteiger partial charge in [-0.15, -0.1) is 0 Å². The van der Waals surface area contributed by atoms with E-state index in [9.17, 15) is 0 Å². The van der Waals surface area contributed by atoms with Crippen LogP contribution in [0.2, 0.25) is 0 Å². The average molecular weight is 199 g/mol. The van der Waals surface area contributed by atoms with Crippen molar-refractivity contribution in [3.8, 4) is 0 Å². The van der Waals surface area contributed by atoms with Crippen LogP contribution < -0.4 is 0 Å². The lowest BCUT2D eigenvalue weighted by Gasteiger charge is -2.42. The first-order chi connectivity index (χ1) is 6.65. The predicted octanol–water partition coefficient (Wildman–Crippen LogP) is 1.27. The maximum absolute atomic E-state index is 2.51. The molecule has 0 amide bonds. The van der Waals surface area contributed by atoms with Gasteiger partial charge in [0.05, 0.1) is 0 Å². The zero-order chi connectivity index (χ0) is 10.6. The number of unbranched alkanes of at least 4 members (excludes halogenated alkanes) is 1. The monoisotopic (exact) mass is 199 g/mol. The van der Waals surface area contributed by atoms with E-state index in [1.54, 1.807) is 0 Å². The first-order valence-electron chi connectivity index (χ1n) is 5.77. The fourth-order valence-electron chi connectivity index (χ4n) is 2.04. The van der Waals surface area contributed by atoms with E-state index < -0.39 is 0 Å². The minimum absolute atomic E-state index is 0.756. The minimum Gasteiger partial charge on any atom is -0.301 e. The summed E-state index contributed by atoms with van der Waals surface area (Å²) >= 11 is 0. The number of hydrogen-bond acceptors (Lipinski definition) is 3. The van der Waals surface area contributed by atoms with Crippen LogP contribution in [-0.4, -0.2) is 61.7 Å². The predicted molar refractivity (Wildman–Crippen MR) is 61.2 cm³/mol. The molecule has 3 nitrogen and oxygen atoms in total. The van der Waals surface area contributed by atoms with Gasteiger partial charge in [-0.3, -0.25) is 0 Å². The van der Waals surface area contributed by atoms with E-state index in [1.165, 1.54) is 38.9 Å². The van der Waals surface area contributed by atoms with Crippen LogP contribution in [0, 0.1) is 0 Å². The van der Waals surface area contributed by atoms with Gasteiger partial charge in [0.1, 0.15) is 0 Å². The molecule has 1 saturated heterocycles. The van der Waals surface area contributed by atoms with Gasteiger partial charge >= 0.3 is 0 Å². The van der Waals surface area contributed by atoms with E-state index in [0.717, 1.165) is 6.04 Å². The molecule has 14 heavy (non-hydrogen) atoms. The molecule has 1 rings (SSSR count). The quantitative estimate of drug-likeness (QED) is 0.675. The highest BCUT2D eigenvalue weighted by atomic mass is 15.6. The van der Waals surface area contributed by atoms with Gasteiger partial charge in [-0.05, 0) is 13.5 Å². The first kappa shape index (κ1) is 12.0. The smallest absolute Gasteiger partial charge is 0.0289 e. The highest BCUT2D eigenvalue weighted by molar-refractivity contribution is 4.78. The summed E-state index contributed by atoms with van der Waals surface area (Å²) in [7, 11) is 6.54. The number of likely N-dealkylation sites (N-methyl/N-ethyl adjacent to an activating group) is 1. The van der Waals surface area contributed by atoms with Crippen LogP contribution >= 0.6 is 0 Å². The molecule has 0 aromatic carbocycles. The SMILES string of the molecule is CCCCC1CN(N(C)C)CCN1C. The van der Waals surface area contributed by atoms with E-state index in [4.69, 9.17) is 0 Å². The molecule has 1 fully saturated rings. The maximum atomic E-state index is 2.51. The Morgan fingerprint density at radius 3 is 2.57 bits per heavy atom. The molecule has 0 aromatic heterocycles. The van der Waals surface area contributed by atoms with Crippen molar-refractivity contribution in [1.29, 1.82) is 0 Å². The van der Waals surface area contributed by atoms with E-state index >= 15 is 0 Å². The summed E-state index contributed by atoms with van der Waals surface area (Å²) in [5.41, 5.74) is 0. The summed E-state index contributed by atoms with van der Waals surface area (Å²) in [4.78, 5) is 2.51. The maximum Gasteiger partial charge on any atom is 0.0289 e. The number of nitrogens with zero attached hydrogens (tertiary/aromatic N) is 3. The highest BCUT2D eigenvalue weighted by Crippen LogP contribution is 2.13. The molecule has 1 aliphatic heterocycles. The second-order valence-corrected chi connectivity index (χ2v) is 4.54. The minimum atomic E-state index is 0.756. The van der Waals surface area contributed by atoms with Crippen molar-refractivity contribution in [2.75, 3.05) is 40.8 Å². The van der Waals surface area contributed by atoms with Crippen molar-refractivity contribution >= 4 is 0 Å². The van der Waals surface area contributed by atoms with Gasteiger partial charge < -0.3 is 4.90 Å². The molecule has 1 atom stereocenters. The molecule has 84 valence electrons. The van der Waals surface area contributed by atoms with Crippen molar-refractivity contribution in [2.45, 2.75) is 32.2 Å². The zero-order valence-electron chi connectivity index (χ0n) is 10.2. The summed E-state index contributed by atoms with van der Waals surface area (Å²) in [5, 5.41) is 4.67. The topological polar surface area (TPSA) is 9.72 Å². The van der Waals surface area contributed by atoms with Crippen LogP contribution in [-0.2, 0) is 0 Å². The standard InChI is InChI=1S/C11H25N3/c1-5-6-7-11-10-14(12(2)3)9-8-13(11)4/h11H,5-10H2,1-4H3. The summed E-state index contributed by atoms with van der Waals surface area (Å²) in [5.74, 6) is 0. The number of hydrogen-bond donors (Lipinski definition) is 0. The number of rotatable bonds is 4. The third kappa shape index (κ3) is 3.23. The van der Waals surface area contributed by atoms with Gasteiger partial charge in [0, 0.05) is 39.8 Å². The van der Waals surface area contributed by atoms with Crippen LogP contribution in [0.5, 0.6) is 0 Å². The zero-order valence-corrected chi connectivity index (χ0v) is 10.2. The molecule has 0 saturated carbocycles. The Bertz CT molecular complexity index is 159. The van der Waals surface area contributed by atoms with Crippen molar-refractivity contribution < 1.29 is 0 Å². The van der Waals surface area contributed by atoms with Crippen molar-refractivity contribution in [1.82, 2.24) is 14.9 Å². The molecule has 0 aliphatic carbocycles. The normalized spacial score (nSPS) is 25.9. The number of hydrazine groups is 1. The molecule has 0 bridgehead atoms. The molecule has 0 spiro atoms. The number of piperazine rings is 1. The summed E-state index contributed by atoms with van der Waals surface area (Å²) in [6, 6.07) is 0.756. The van der Waals surface area contributed by atoms with E-state index in [0.29, 0.717) is 0 Å².